The molecular formula is C15H17BrN2O. The van der Waals surface area contributed by atoms with Crippen LogP contribution in [-0.2, 0) is 4.79 Å². The number of carbonyl (C=O) groups excluding carboxylic acids is 1. The molecule has 1 aliphatic rings. The molecule has 3 nitrogen and oxygen atoms in total. The molecule has 0 radical (unpaired) electrons. The third-order valence-corrected chi connectivity index (χ3v) is 3.86. The number of carbonyl (C=O) groups is 1. The Hall–Kier alpha value is -1.31. The molecule has 0 unspecified atom stereocenters. The molecule has 1 N–H and O–H groups in total. The van der Waals surface area contributed by atoms with Crippen molar-refractivity contribution in [1.29, 1.82) is 0 Å². The van der Waals surface area contributed by atoms with E-state index in [1.54, 1.807) is 0 Å². The topological polar surface area (TPSA) is 32.3 Å². The molecular weight excluding hydrogens is 304 g/mol. The summed E-state index contributed by atoms with van der Waals surface area (Å²) in [5.41, 5.74) is 0.838. The van der Waals surface area contributed by atoms with E-state index in [4.69, 9.17) is 6.42 Å². The number of nitrogens with one attached hydrogen (secondary N) is 1. The summed E-state index contributed by atoms with van der Waals surface area (Å²) in [4.78, 5) is 14.4. The van der Waals surface area contributed by atoms with E-state index >= 15 is 0 Å². The summed E-state index contributed by atoms with van der Waals surface area (Å²) < 4.78 is 0.967. The van der Waals surface area contributed by atoms with Gasteiger partial charge in [0, 0.05) is 16.1 Å². The van der Waals surface area contributed by atoms with Crippen molar-refractivity contribution in [3.05, 3.63) is 28.7 Å². The van der Waals surface area contributed by atoms with Crippen LogP contribution in [0.15, 0.2) is 28.7 Å². The number of piperidine rings is 1. The lowest BCUT2D eigenvalue weighted by atomic mass is 9.96. The minimum atomic E-state index is 0.0907. The lowest BCUT2D eigenvalue weighted by Gasteiger charge is -2.29. The Morgan fingerprint density at radius 1 is 1.47 bits per heavy atom. The Morgan fingerprint density at radius 2 is 2.21 bits per heavy atom. The Labute approximate surface area is 122 Å². The van der Waals surface area contributed by atoms with Crippen LogP contribution in [0.4, 0.5) is 5.69 Å². The number of hydrogen-bond donors (Lipinski definition) is 1. The third-order valence-electron chi connectivity index (χ3n) is 3.37. The van der Waals surface area contributed by atoms with Gasteiger partial charge in [0.25, 0.3) is 0 Å². The van der Waals surface area contributed by atoms with Crippen LogP contribution in [-0.4, -0.2) is 30.4 Å². The van der Waals surface area contributed by atoms with Crippen molar-refractivity contribution in [2.24, 2.45) is 5.92 Å². The zero-order valence-electron chi connectivity index (χ0n) is 10.7. The highest BCUT2D eigenvalue weighted by atomic mass is 79.9. The maximum atomic E-state index is 12.2. The fourth-order valence-corrected chi connectivity index (χ4v) is 2.69. The molecule has 1 fully saturated rings. The van der Waals surface area contributed by atoms with Crippen molar-refractivity contribution < 1.29 is 4.79 Å². The number of amides is 1. The molecule has 0 spiro atoms. The van der Waals surface area contributed by atoms with Crippen molar-refractivity contribution in [2.75, 3.05) is 25.0 Å². The number of anilines is 1. The van der Waals surface area contributed by atoms with E-state index in [2.05, 4.69) is 32.1 Å². The van der Waals surface area contributed by atoms with E-state index in [1.165, 1.54) is 0 Å². The van der Waals surface area contributed by atoms with Gasteiger partial charge in [-0.3, -0.25) is 9.69 Å². The number of benzene rings is 1. The standard InChI is InChI=1S/C15H17BrN2O/c1-2-8-18-9-6-12(7-10-18)15(19)17-14-5-3-4-13(16)11-14/h1,3-5,11-12H,6-10H2,(H,17,19). The molecule has 1 aliphatic heterocycles. The van der Waals surface area contributed by atoms with Gasteiger partial charge in [0.1, 0.15) is 0 Å². The first kappa shape index (κ1) is 14.1. The van der Waals surface area contributed by atoms with E-state index in [-0.39, 0.29) is 11.8 Å². The van der Waals surface area contributed by atoms with E-state index in [9.17, 15) is 4.79 Å². The molecule has 0 saturated carbocycles. The zero-order chi connectivity index (χ0) is 13.7. The van der Waals surface area contributed by atoms with Gasteiger partial charge in [-0.1, -0.05) is 27.9 Å². The second-order valence-electron chi connectivity index (χ2n) is 4.75. The molecule has 100 valence electrons. The number of likely N-dealkylation sites (tertiary alicyclic amines) is 1. The maximum absolute atomic E-state index is 12.2. The summed E-state index contributed by atoms with van der Waals surface area (Å²) in [6, 6.07) is 7.66. The number of halogens is 1. The average molecular weight is 321 g/mol. The Balaban J connectivity index is 1.86. The van der Waals surface area contributed by atoms with E-state index in [1.807, 2.05) is 24.3 Å². The van der Waals surface area contributed by atoms with Gasteiger partial charge in [0.15, 0.2) is 0 Å². The maximum Gasteiger partial charge on any atom is 0.227 e. The molecule has 19 heavy (non-hydrogen) atoms. The summed E-state index contributed by atoms with van der Waals surface area (Å²) in [5.74, 6) is 2.85. The van der Waals surface area contributed by atoms with Gasteiger partial charge < -0.3 is 5.32 Å². The van der Waals surface area contributed by atoms with Crippen LogP contribution in [0.5, 0.6) is 0 Å². The molecule has 0 aromatic heterocycles. The first-order chi connectivity index (χ1) is 9.19. The fourth-order valence-electron chi connectivity index (χ4n) is 2.29. The second kappa shape index (κ2) is 6.74. The Morgan fingerprint density at radius 3 is 2.84 bits per heavy atom. The summed E-state index contributed by atoms with van der Waals surface area (Å²) in [5, 5.41) is 2.97. The lowest BCUT2D eigenvalue weighted by molar-refractivity contribution is -0.121. The molecule has 1 saturated heterocycles. The molecule has 1 heterocycles. The smallest absolute Gasteiger partial charge is 0.227 e. The molecule has 0 bridgehead atoms. The molecule has 1 amide bonds. The predicted molar refractivity (Wildman–Crippen MR) is 80.8 cm³/mol. The Bertz CT molecular complexity index is 487. The van der Waals surface area contributed by atoms with Crippen molar-refractivity contribution in [2.45, 2.75) is 12.8 Å². The first-order valence-electron chi connectivity index (χ1n) is 6.41. The summed E-state index contributed by atoms with van der Waals surface area (Å²) in [6.07, 6.45) is 7.05. The van der Waals surface area contributed by atoms with Crippen LogP contribution in [0.1, 0.15) is 12.8 Å². The number of rotatable bonds is 3. The van der Waals surface area contributed by atoms with Crippen LogP contribution >= 0.6 is 15.9 Å². The van der Waals surface area contributed by atoms with Crippen LogP contribution in [0.2, 0.25) is 0 Å². The van der Waals surface area contributed by atoms with E-state index < -0.39 is 0 Å². The number of terminal acetylenes is 1. The predicted octanol–water partition coefficient (Wildman–Crippen LogP) is 2.73. The highest BCUT2D eigenvalue weighted by molar-refractivity contribution is 9.10. The van der Waals surface area contributed by atoms with Gasteiger partial charge in [-0.2, -0.15) is 0 Å². The lowest BCUT2D eigenvalue weighted by Crippen LogP contribution is -2.38. The second-order valence-corrected chi connectivity index (χ2v) is 5.67. The van der Waals surface area contributed by atoms with Gasteiger partial charge in [-0.25, -0.2) is 0 Å². The quantitative estimate of drug-likeness (QED) is 0.868. The minimum absolute atomic E-state index is 0.0907. The normalized spacial score (nSPS) is 16.8. The van der Waals surface area contributed by atoms with Gasteiger partial charge in [-0.15, -0.1) is 6.42 Å². The number of hydrogen-bond acceptors (Lipinski definition) is 2. The van der Waals surface area contributed by atoms with Gasteiger partial charge >= 0.3 is 0 Å². The summed E-state index contributed by atoms with van der Waals surface area (Å²) >= 11 is 3.40. The molecule has 1 aromatic rings. The Kier molecular flexibility index (Phi) is 5.00. The van der Waals surface area contributed by atoms with Crippen molar-refractivity contribution in [3.8, 4) is 12.3 Å². The SMILES string of the molecule is C#CCN1CCC(C(=O)Nc2cccc(Br)c2)CC1. The van der Waals surface area contributed by atoms with Gasteiger partial charge in [0.05, 0.1) is 6.54 Å². The van der Waals surface area contributed by atoms with Crippen LogP contribution in [0, 0.1) is 18.3 Å². The highest BCUT2D eigenvalue weighted by Gasteiger charge is 2.24. The molecule has 2 rings (SSSR count). The highest BCUT2D eigenvalue weighted by Crippen LogP contribution is 2.21. The first-order valence-corrected chi connectivity index (χ1v) is 7.20. The van der Waals surface area contributed by atoms with Crippen molar-refractivity contribution in [3.63, 3.8) is 0 Å². The van der Waals surface area contributed by atoms with Gasteiger partial charge in [0.2, 0.25) is 5.91 Å². The molecule has 4 heteroatoms. The number of nitrogens with zero attached hydrogens (tertiary/aromatic N) is 1. The van der Waals surface area contributed by atoms with Crippen LogP contribution < -0.4 is 5.32 Å². The average Bonchev–Trinajstić information content (AvgIpc) is 2.40. The van der Waals surface area contributed by atoms with Crippen LogP contribution in [0.3, 0.4) is 0 Å². The molecule has 1 aromatic carbocycles. The summed E-state index contributed by atoms with van der Waals surface area (Å²) in [6.45, 7) is 2.49. The van der Waals surface area contributed by atoms with E-state index in [0.717, 1.165) is 36.1 Å². The van der Waals surface area contributed by atoms with Crippen LogP contribution in [0.25, 0.3) is 0 Å². The zero-order valence-corrected chi connectivity index (χ0v) is 12.3. The van der Waals surface area contributed by atoms with Crippen molar-refractivity contribution >= 4 is 27.5 Å². The monoisotopic (exact) mass is 320 g/mol. The minimum Gasteiger partial charge on any atom is -0.326 e. The summed E-state index contributed by atoms with van der Waals surface area (Å²) in [7, 11) is 0. The molecule has 0 aliphatic carbocycles. The third kappa shape index (κ3) is 4.09. The largest absolute Gasteiger partial charge is 0.326 e. The van der Waals surface area contributed by atoms with Gasteiger partial charge in [-0.05, 0) is 44.1 Å². The van der Waals surface area contributed by atoms with E-state index in [0.29, 0.717) is 6.54 Å². The van der Waals surface area contributed by atoms with Crippen molar-refractivity contribution in [1.82, 2.24) is 4.90 Å². The molecule has 0 atom stereocenters. The fraction of sp³-hybridized carbons (Fsp3) is 0.400.